The van der Waals surface area contributed by atoms with Crippen molar-refractivity contribution in [2.45, 2.75) is 45.1 Å². The Bertz CT molecular complexity index is 974. The lowest BCUT2D eigenvalue weighted by molar-refractivity contribution is -0.133. The van der Waals surface area contributed by atoms with Crippen LogP contribution in [0.4, 0.5) is 0 Å². The minimum Gasteiger partial charge on any atom is -0.488 e. The number of rotatable bonds is 6. The summed E-state index contributed by atoms with van der Waals surface area (Å²) in [5, 5.41) is 0. The van der Waals surface area contributed by atoms with E-state index in [1.54, 1.807) is 6.07 Å². The molecule has 6 nitrogen and oxygen atoms in total. The maximum absolute atomic E-state index is 13.2. The third kappa shape index (κ3) is 3.84. The van der Waals surface area contributed by atoms with Crippen molar-refractivity contribution in [3.8, 4) is 5.75 Å². The van der Waals surface area contributed by atoms with E-state index in [2.05, 4.69) is 0 Å². The molecule has 29 heavy (non-hydrogen) atoms. The van der Waals surface area contributed by atoms with E-state index in [-0.39, 0.29) is 23.0 Å². The molecule has 1 aromatic heterocycles. The molecule has 6 heteroatoms. The average Bonchev–Trinajstić information content (AvgIpc) is 3.40. The number of Topliss-reactive ketones (excluding diaryl/α,β-unsaturated/α-hetero) is 1. The lowest BCUT2D eigenvalue weighted by atomic mass is 10.1. The number of ether oxygens (including phenoxy) is 1. The maximum Gasteiger partial charge on any atom is 0.293 e. The third-order valence-electron chi connectivity index (χ3n) is 5.85. The van der Waals surface area contributed by atoms with Crippen LogP contribution in [0.25, 0.3) is 0 Å². The highest BCUT2D eigenvalue weighted by Gasteiger charge is 2.36. The fraction of sp³-hybridized carbons (Fsp3) is 0.435. The van der Waals surface area contributed by atoms with Gasteiger partial charge in [0.2, 0.25) is 5.91 Å². The van der Waals surface area contributed by atoms with Crippen LogP contribution < -0.4 is 10.3 Å². The minimum absolute atomic E-state index is 0.0145. The van der Waals surface area contributed by atoms with Crippen molar-refractivity contribution in [3.63, 3.8) is 0 Å². The number of fused-ring (bicyclic) bond motifs is 1. The maximum atomic E-state index is 13.2. The van der Waals surface area contributed by atoms with Crippen LogP contribution in [-0.4, -0.2) is 40.9 Å². The first kappa shape index (κ1) is 19.4. The van der Waals surface area contributed by atoms with E-state index in [9.17, 15) is 14.4 Å². The summed E-state index contributed by atoms with van der Waals surface area (Å²) in [6, 6.07) is 10.9. The number of hydrogen-bond acceptors (Lipinski definition) is 4. The van der Waals surface area contributed by atoms with E-state index in [0.717, 1.165) is 31.5 Å². The molecule has 1 saturated heterocycles. The summed E-state index contributed by atoms with van der Waals surface area (Å²) >= 11 is 0. The molecule has 0 unspecified atom stereocenters. The fourth-order valence-electron chi connectivity index (χ4n) is 4.35. The predicted molar refractivity (Wildman–Crippen MR) is 110 cm³/mol. The van der Waals surface area contributed by atoms with Gasteiger partial charge in [-0.1, -0.05) is 30.3 Å². The Hall–Kier alpha value is -2.89. The number of amides is 1. The Labute approximate surface area is 170 Å². The molecule has 0 N–H and O–H groups in total. The van der Waals surface area contributed by atoms with E-state index in [4.69, 9.17) is 4.74 Å². The van der Waals surface area contributed by atoms with E-state index < -0.39 is 6.04 Å². The largest absolute Gasteiger partial charge is 0.488 e. The zero-order valence-electron chi connectivity index (χ0n) is 16.7. The molecule has 1 atom stereocenters. The molecular formula is C23H26N2O4. The van der Waals surface area contributed by atoms with Gasteiger partial charge in [-0.25, -0.2) is 0 Å². The van der Waals surface area contributed by atoms with Crippen molar-refractivity contribution in [1.82, 2.24) is 9.47 Å². The van der Waals surface area contributed by atoms with Gasteiger partial charge in [0, 0.05) is 30.8 Å². The van der Waals surface area contributed by atoms with Gasteiger partial charge in [-0.05, 0) is 44.2 Å². The number of ketones is 1. The smallest absolute Gasteiger partial charge is 0.293 e. The van der Waals surface area contributed by atoms with Crippen molar-refractivity contribution < 1.29 is 14.3 Å². The number of carbonyl (C=O) groups is 2. The van der Waals surface area contributed by atoms with Crippen molar-refractivity contribution >= 4 is 11.7 Å². The topological polar surface area (TPSA) is 68.6 Å². The van der Waals surface area contributed by atoms with Crippen LogP contribution in [0.15, 0.2) is 41.2 Å². The van der Waals surface area contributed by atoms with Gasteiger partial charge in [-0.2, -0.15) is 0 Å². The van der Waals surface area contributed by atoms with Gasteiger partial charge in [-0.3, -0.25) is 19.0 Å². The second-order valence-electron chi connectivity index (χ2n) is 7.77. The normalized spacial score (nSPS) is 18.0. The van der Waals surface area contributed by atoms with Crippen molar-refractivity contribution in [3.05, 3.63) is 63.6 Å². The number of carbonyl (C=O) groups excluding carboxylic acids is 2. The van der Waals surface area contributed by atoms with E-state index in [1.807, 2.05) is 35.2 Å². The number of benzene rings is 1. The molecule has 2 aliphatic rings. The SMILES string of the molecule is CC(=O)c1cc(OCCc2ccccc2)c(=O)n2c1CC[C@H]2C(=O)N1CCCC1. The Morgan fingerprint density at radius 3 is 2.55 bits per heavy atom. The zero-order chi connectivity index (χ0) is 20.4. The Morgan fingerprint density at radius 1 is 1.14 bits per heavy atom. The monoisotopic (exact) mass is 394 g/mol. The summed E-state index contributed by atoms with van der Waals surface area (Å²) in [7, 11) is 0. The Morgan fingerprint density at radius 2 is 1.86 bits per heavy atom. The molecule has 2 aromatic rings. The summed E-state index contributed by atoms with van der Waals surface area (Å²) in [5.74, 6) is 0.0196. The Kier molecular flexibility index (Phi) is 5.51. The second kappa shape index (κ2) is 8.23. The van der Waals surface area contributed by atoms with Crippen LogP contribution in [0.2, 0.25) is 0 Å². The van der Waals surface area contributed by atoms with Gasteiger partial charge < -0.3 is 9.64 Å². The fourth-order valence-corrected chi connectivity index (χ4v) is 4.35. The highest BCUT2D eigenvalue weighted by Crippen LogP contribution is 2.31. The Balaban J connectivity index is 1.62. The summed E-state index contributed by atoms with van der Waals surface area (Å²) in [6.07, 6.45) is 3.77. The van der Waals surface area contributed by atoms with Crippen molar-refractivity contribution in [2.24, 2.45) is 0 Å². The molecule has 1 amide bonds. The zero-order valence-corrected chi connectivity index (χ0v) is 16.7. The lowest BCUT2D eigenvalue weighted by Gasteiger charge is -2.22. The van der Waals surface area contributed by atoms with Crippen molar-refractivity contribution in [1.29, 1.82) is 0 Å². The van der Waals surface area contributed by atoms with Gasteiger partial charge >= 0.3 is 0 Å². The van der Waals surface area contributed by atoms with Crippen LogP contribution in [0.1, 0.15) is 53.8 Å². The summed E-state index contributed by atoms with van der Waals surface area (Å²) < 4.78 is 7.32. The lowest BCUT2D eigenvalue weighted by Crippen LogP contribution is -2.38. The molecule has 2 aliphatic heterocycles. The van der Waals surface area contributed by atoms with Crippen LogP contribution in [0.5, 0.6) is 5.75 Å². The quantitative estimate of drug-likeness (QED) is 0.707. The molecule has 0 radical (unpaired) electrons. The molecular weight excluding hydrogens is 368 g/mol. The van der Waals surface area contributed by atoms with Crippen molar-refractivity contribution in [2.75, 3.05) is 19.7 Å². The summed E-state index contributed by atoms with van der Waals surface area (Å²) in [4.78, 5) is 40.2. The van der Waals surface area contributed by atoms with Gasteiger partial charge in [0.15, 0.2) is 11.5 Å². The second-order valence-corrected chi connectivity index (χ2v) is 7.77. The van der Waals surface area contributed by atoms with Crippen LogP contribution in [0, 0.1) is 0 Å². The first-order chi connectivity index (χ1) is 14.1. The number of aromatic nitrogens is 1. The number of pyridine rings is 1. The summed E-state index contributed by atoms with van der Waals surface area (Å²) in [5.41, 5.74) is 1.95. The highest BCUT2D eigenvalue weighted by atomic mass is 16.5. The molecule has 3 heterocycles. The van der Waals surface area contributed by atoms with E-state index in [1.165, 1.54) is 11.5 Å². The van der Waals surface area contributed by atoms with Gasteiger partial charge in [0.1, 0.15) is 6.04 Å². The minimum atomic E-state index is -0.536. The number of nitrogens with zero attached hydrogens (tertiary/aromatic N) is 2. The van der Waals surface area contributed by atoms with Gasteiger partial charge in [0.05, 0.1) is 6.61 Å². The van der Waals surface area contributed by atoms with E-state index >= 15 is 0 Å². The molecule has 0 spiro atoms. The first-order valence-electron chi connectivity index (χ1n) is 10.3. The highest BCUT2D eigenvalue weighted by molar-refractivity contribution is 5.96. The average molecular weight is 394 g/mol. The molecule has 152 valence electrons. The molecule has 1 aromatic carbocycles. The molecule has 0 bridgehead atoms. The molecule has 0 aliphatic carbocycles. The number of hydrogen-bond donors (Lipinski definition) is 0. The molecule has 1 fully saturated rings. The van der Waals surface area contributed by atoms with Crippen LogP contribution >= 0.6 is 0 Å². The van der Waals surface area contributed by atoms with Crippen LogP contribution in [0.3, 0.4) is 0 Å². The predicted octanol–water partition coefficient (Wildman–Crippen LogP) is 2.78. The number of likely N-dealkylation sites (tertiary alicyclic amines) is 1. The molecule has 0 saturated carbocycles. The van der Waals surface area contributed by atoms with Gasteiger partial charge in [0.25, 0.3) is 5.56 Å². The molecule has 4 rings (SSSR count). The van der Waals surface area contributed by atoms with Gasteiger partial charge in [-0.15, -0.1) is 0 Å². The van der Waals surface area contributed by atoms with Crippen LogP contribution in [-0.2, 0) is 17.6 Å². The third-order valence-corrected chi connectivity index (χ3v) is 5.85. The first-order valence-corrected chi connectivity index (χ1v) is 10.3. The van der Waals surface area contributed by atoms with E-state index in [0.29, 0.717) is 37.1 Å². The summed E-state index contributed by atoms with van der Waals surface area (Å²) in [6.45, 7) is 3.31. The standard InChI is InChI=1S/C23H26N2O4/c1-16(26)18-15-21(29-14-11-17-7-3-2-4-8-17)23(28)25-19(18)9-10-20(25)22(27)24-12-5-6-13-24/h2-4,7-8,15,20H,5-6,9-14H2,1H3/t20-/m0/s1.